The number of aryl methyl sites for hydroxylation is 2. The second-order valence-corrected chi connectivity index (χ2v) is 8.64. The van der Waals surface area contributed by atoms with Crippen LogP contribution in [-0.4, -0.2) is 53.0 Å². The first-order valence-electron chi connectivity index (χ1n) is 10.5. The number of benzene rings is 1. The van der Waals surface area contributed by atoms with E-state index in [-0.39, 0.29) is 18.4 Å². The molecule has 1 aromatic carbocycles. The highest BCUT2D eigenvalue weighted by Gasteiger charge is 2.22. The van der Waals surface area contributed by atoms with E-state index < -0.39 is 0 Å². The summed E-state index contributed by atoms with van der Waals surface area (Å²) in [6, 6.07) is 11.6. The van der Waals surface area contributed by atoms with Gasteiger partial charge in [0.25, 0.3) is 0 Å². The standard InChI is InChI=1S/C23H26N6O2S/c1-16-6-7-19(17(2)13-16)26-21(30)14-18-15-32-22(25-18)27-23(31)29-11-9-28(10-12-29)20-5-3-4-8-24-20/h3-8,13,15H,9-12,14H2,1-2H3,(H,26,30)(H,25,27,31). The third kappa shape index (κ3) is 5.42. The monoisotopic (exact) mass is 450 g/mol. The number of carbonyl (C=O) groups is 2. The van der Waals surface area contributed by atoms with E-state index in [1.807, 2.05) is 50.2 Å². The fourth-order valence-electron chi connectivity index (χ4n) is 3.61. The number of urea groups is 1. The van der Waals surface area contributed by atoms with Crippen LogP contribution in [0.4, 0.5) is 21.4 Å². The molecule has 0 radical (unpaired) electrons. The summed E-state index contributed by atoms with van der Waals surface area (Å²) in [5.41, 5.74) is 3.60. The molecular weight excluding hydrogens is 424 g/mol. The van der Waals surface area contributed by atoms with Crippen molar-refractivity contribution in [3.05, 3.63) is 64.8 Å². The second-order valence-electron chi connectivity index (χ2n) is 7.78. The van der Waals surface area contributed by atoms with Gasteiger partial charge >= 0.3 is 6.03 Å². The van der Waals surface area contributed by atoms with Crippen LogP contribution in [0.25, 0.3) is 0 Å². The van der Waals surface area contributed by atoms with Crippen molar-refractivity contribution in [2.45, 2.75) is 20.3 Å². The van der Waals surface area contributed by atoms with E-state index in [4.69, 9.17) is 0 Å². The molecule has 0 unspecified atom stereocenters. The normalized spacial score (nSPS) is 13.7. The van der Waals surface area contributed by atoms with Gasteiger partial charge in [-0.25, -0.2) is 14.8 Å². The van der Waals surface area contributed by atoms with Gasteiger partial charge in [-0.3, -0.25) is 10.1 Å². The summed E-state index contributed by atoms with van der Waals surface area (Å²) < 4.78 is 0. The minimum absolute atomic E-state index is 0.134. The maximum Gasteiger partial charge on any atom is 0.323 e. The summed E-state index contributed by atoms with van der Waals surface area (Å²) in [7, 11) is 0. The Labute approximate surface area is 191 Å². The number of nitrogens with one attached hydrogen (secondary N) is 2. The zero-order valence-electron chi connectivity index (χ0n) is 18.2. The summed E-state index contributed by atoms with van der Waals surface area (Å²) >= 11 is 1.32. The number of piperazine rings is 1. The molecule has 2 aromatic heterocycles. The Kier molecular flexibility index (Phi) is 6.65. The highest BCUT2D eigenvalue weighted by Crippen LogP contribution is 2.20. The SMILES string of the molecule is Cc1ccc(NC(=O)Cc2csc(NC(=O)N3CCN(c4ccccn4)CC3)n2)c(C)c1. The summed E-state index contributed by atoms with van der Waals surface area (Å²) in [6.45, 7) is 6.66. The predicted octanol–water partition coefficient (Wildman–Crippen LogP) is 3.69. The number of carbonyl (C=O) groups excluding carboxylic acids is 2. The lowest BCUT2D eigenvalue weighted by Crippen LogP contribution is -2.50. The fourth-order valence-corrected chi connectivity index (χ4v) is 4.31. The van der Waals surface area contributed by atoms with Gasteiger partial charge in [0.1, 0.15) is 5.82 Å². The number of hydrogen-bond donors (Lipinski definition) is 2. The molecule has 1 aliphatic heterocycles. The minimum atomic E-state index is -0.175. The molecule has 32 heavy (non-hydrogen) atoms. The Morgan fingerprint density at radius 2 is 1.88 bits per heavy atom. The molecule has 1 aliphatic rings. The van der Waals surface area contributed by atoms with Gasteiger partial charge in [-0.1, -0.05) is 23.8 Å². The first kappa shape index (κ1) is 21.8. The summed E-state index contributed by atoms with van der Waals surface area (Å²) in [5, 5.41) is 8.08. The lowest BCUT2D eigenvalue weighted by Gasteiger charge is -2.35. The maximum absolute atomic E-state index is 12.6. The molecule has 3 amide bonds. The van der Waals surface area contributed by atoms with Crippen molar-refractivity contribution in [1.82, 2.24) is 14.9 Å². The molecule has 0 aliphatic carbocycles. The Balaban J connectivity index is 1.26. The van der Waals surface area contributed by atoms with Crippen LogP contribution in [0.2, 0.25) is 0 Å². The lowest BCUT2D eigenvalue weighted by atomic mass is 10.1. The molecule has 8 nitrogen and oxygen atoms in total. The van der Waals surface area contributed by atoms with E-state index in [0.29, 0.717) is 23.9 Å². The molecule has 1 fully saturated rings. The van der Waals surface area contributed by atoms with Gasteiger partial charge in [-0.15, -0.1) is 11.3 Å². The molecule has 2 N–H and O–H groups in total. The topological polar surface area (TPSA) is 90.5 Å². The van der Waals surface area contributed by atoms with Crippen molar-refractivity contribution in [2.24, 2.45) is 0 Å². The van der Waals surface area contributed by atoms with Crippen LogP contribution < -0.4 is 15.5 Å². The van der Waals surface area contributed by atoms with Crippen LogP contribution in [0, 0.1) is 13.8 Å². The average Bonchev–Trinajstić information content (AvgIpc) is 3.23. The van der Waals surface area contributed by atoms with Crippen molar-refractivity contribution in [3.8, 4) is 0 Å². The Bertz CT molecular complexity index is 1090. The number of rotatable bonds is 5. The fraction of sp³-hybridized carbons (Fsp3) is 0.304. The number of nitrogens with zero attached hydrogens (tertiary/aromatic N) is 4. The molecule has 1 saturated heterocycles. The van der Waals surface area contributed by atoms with Gasteiger partial charge in [0.15, 0.2) is 5.13 Å². The first-order valence-corrected chi connectivity index (χ1v) is 11.4. The van der Waals surface area contributed by atoms with E-state index >= 15 is 0 Å². The number of aromatic nitrogens is 2. The number of thiazole rings is 1. The van der Waals surface area contributed by atoms with Crippen LogP contribution in [0.15, 0.2) is 48.0 Å². The largest absolute Gasteiger partial charge is 0.353 e. The van der Waals surface area contributed by atoms with Crippen molar-refractivity contribution in [2.75, 3.05) is 41.7 Å². The van der Waals surface area contributed by atoms with Crippen LogP contribution >= 0.6 is 11.3 Å². The summed E-state index contributed by atoms with van der Waals surface area (Å²) in [6.07, 6.45) is 1.93. The van der Waals surface area contributed by atoms with Crippen molar-refractivity contribution in [1.29, 1.82) is 0 Å². The van der Waals surface area contributed by atoms with Crippen molar-refractivity contribution >= 4 is 39.9 Å². The third-order valence-corrected chi connectivity index (χ3v) is 6.11. The van der Waals surface area contributed by atoms with Gasteiger partial charge in [-0.05, 0) is 37.6 Å². The van der Waals surface area contributed by atoms with Crippen LogP contribution in [-0.2, 0) is 11.2 Å². The average molecular weight is 451 g/mol. The van der Waals surface area contributed by atoms with Gasteiger partial charge in [0.2, 0.25) is 5.91 Å². The Hall–Kier alpha value is -3.46. The zero-order valence-corrected chi connectivity index (χ0v) is 19.0. The van der Waals surface area contributed by atoms with E-state index in [1.165, 1.54) is 11.3 Å². The number of anilines is 3. The van der Waals surface area contributed by atoms with Crippen molar-refractivity contribution < 1.29 is 9.59 Å². The first-order chi connectivity index (χ1) is 15.5. The minimum Gasteiger partial charge on any atom is -0.353 e. The highest BCUT2D eigenvalue weighted by molar-refractivity contribution is 7.13. The van der Waals surface area contributed by atoms with E-state index in [9.17, 15) is 9.59 Å². The van der Waals surface area contributed by atoms with Gasteiger partial charge in [-0.2, -0.15) is 0 Å². The molecule has 9 heteroatoms. The quantitative estimate of drug-likeness (QED) is 0.619. The molecule has 0 saturated carbocycles. The molecule has 0 bridgehead atoms. The van der Waals surface area contributed by atoms with Crippen molar-refractivity contribution in [3.63, 3.8) is 0 Å². The number of amides is 3. The van der Waals surface area contributed by atoms with Crippen LogP contribution in [0.1, 0.15) is 16.8 Å². The predicted molar refractivity (Wildman–Crippen MR) is 127 cm³/mol. The third-order valence-electron chi connectivity index (χ3n) is 5.30. The smallest absolute Gasteiger partial charge is 0.323 e. The van der Waals surface area contributed by atoms with Gasteiger partial charge in [0, 0.05) is 43.4 Å². The molecule has 3 heterocycles. The van der Waals surface area contributed by atoms with Crippen LogP contribution in [0.5, 0.6) is 0 Å². The molecular formula is C23H26N6O2S. The lowest BCUT2D eigenvalue weighted by molar-refractivity contribution is -0.115. The zero-order chi connectivity index (χ0) is 22.5. The molecule has 4 rings (SSSR count). The van der Waals surface area contributed by atoms with Gasteiger partial charge in [0.05, 0.1) is 12.1 Å². The molecule has 166 valence electrons. The van der Waals surface area contributed by atoms with Gasteiger partial charge < -0.3 is 15.1 Å². The second kappa shape index (κ2) is 9.78. The van der Waals surface area contributed by atoms with Crippen LogP contribution in [0.3, 0.4) is 0 Å². The summed E-state index contributed by atoms with van der Waals surface area (Å²) in [4.78, 5) is 37.7. The maximum atomic E-state index is 12.6. The molecule has 0 spiro atoms. The van der Waals surface area contributed by atoms with E-state index in [2.05, 4.69) is 25.5 Å². The highest BCUT2D eigenvalue weighted by atomic mass is 32.1. The molecule has 0 atom stereocenters. The number of pyridine rings is 1. The molecule has 3 aromatic rings. The van der Waals surface area contributed by atoms with E-state index in [0.717, 1.165) is 35.7 Å². The Morgan fingerprint density at radius 1 is 1.06 bits per heavy atom. The van der Waals surface area contributed by atoms with E-state index in [1.54, 1.807) is 16.5 Å². The number of hydrogen-bond acceptors (Lipinski definition) is 6. The Morgan fingerprint density at radius 3 is 2.59 bits per heavy atom. The summed E-state index contributed by atoms with van der Waals surface area (Å²) in [5.74, 6) is 0.794.